The molecule has 1 unspecified atom stereocenters. The van der Waals surface area contributed by atoms with E-state index < -0.39 is 5.54 Å². The van der Waals surface area contributed by atoms with Crippen molar-refractivity contribution in [1.82, 2.24) is 25.7 Å². The zero-order chi connectivity index (χ0) is 21.8. The Balaban J connectivity index is 1.38. The van der Waals surface area contributed by atoms with Crippen molar-refractivity contribution in [2.75, 3.05) is 18.2 Å². The molecule has 0 spiro atoms. The number of benzene rings is 1. The molecule has 0 radical (unpaired) electrons. The van der Waals surface area contributed by atoms with Gasteiger partial charge >= 0.3 is 6.03 Å². The highest BCUT2D eigenvalue weighted by Gasteiger charge is 2.42. The van der Waals surface area contributed by atoms with Gasteiger partial charge in [-0.05, 0) is 38.7 Å². The number of carbonyl (C=O) groups excluding carboxylic acids is 1. The predicted octanol–water partition coefficient (Wildman–Crippen LogP) is 2.19. The second-order valence-corrected chi connectivity index (χ2v) is 8.59. The first-order valence-corrected chi connectivity index (χ1v) is 10.8. The maximum atomic E-state index is 12.9. The van der Waals surface area contributed by atoms with E-state index in [-0.39, 0.29) is 12.1 Å². The number of carbonyl (C=O) groups is 1. The van der Waals surface area contributed by atoms with Crippen LogP contribution in [0.3, 0.4) is 0 Å². The molecule has 1 aromatic heterocycles. The van der Waals surface area contributed by atoms with Gasteiger partial charge in [-0.15, -0.1) is 0 Å². The summed E-state index contributed by atoms with van der Waals surface area (Å²) in [4.78, 5) is 23.7. The number of urea groups is 1. The van der Waals surface area contributed by atoms with Crippen molar-refractivity contribution in [3.8, 4) is 0 Å². The minimum Gasteiger partial charge on any atom is -0.376 e. The maximum Gasteiger partial charge on any atom is 0.332 e. The van der Waals surface area contributed by atoms with Gasteiger partial charge in [0.25, 0.3) is 0 Å². The van der Waals surface area contributed by atoms with Crippen LogP contribution in [0.4, 0.5) is 10.7 Å². The molecule has 1 aromatic carbocycles. The number of nitrogens with zero attached hydrogens (tertiary/aromatic N) is 4. The average Bonchev–Trinajstić information content (AvgIpc) is 3.05. The molecule has 0 saturated carbocycles. The first kappa shape index (κ1) is 21.5. The molecule has 3 heterocycles. The first-order chi connectivity index (χ1) is 14.9. The molecule has 2 amide bonds. The Bertz CT molecular complexity index is 900. The minimum atomic E-state index is -0.529. The Morgan fingerprint density at radius 2 is 2.13 bits per heavy atom. The molecule has 2 aliphatic rings. The van der Waals surface area contributed by atoms with Crippen LogP contribution in [0.1, 0.15) is 49.9 Å². The summed E-state index contributed by atoms with van der Waals surface area (Å²) in [6, 6.07) is 9.70. The van der Waals surface area contributed by atoms with Crippen LogP contribution in [-0.2, 0) is 23.4 Å². The zero-order valence-corrected chi connectivity index (χ0v) is 18.2. The summed E-state index contributed by atoms with van der Waals surface area (Å²) in [5.74, 6) is 6.68. The van der Waals surface area contributed by atoms with Crippen molar-refractivity contribution in [2.45, 2.75) is 57.8 Å². The fraction of sp³-hybridized carbons (Fsp3) is 0.500. The number of nitrogens with one attached hydrogen (secondary N) is 2. The molecule has 4 N–H and O–H groups in total. The number of amides is 2. The van der Waals surface area contributed by atoms with Crippen LogP contribution < -0.4 is 21.7 Å². The molecule has 9 heteroatoms. The van der Waals surface area contributed by atoms with E-state index in [2.05, 4.69) is 20.8 Å². The van der Waals surface area contributed by atoms with E-state index in [1.165, 1.54) is 0 Å². The Labute approximate surface area is 182 Å². The van der Waals surface area contributed by atoms with Crippen molar-refractivity contribution in [1.29, 1.82) is 0 Å². The molecular weight excluding hydrogens is 394 g/mol. The monoisotopic (exact) mass is 425 g/mol. The molecular formula is C22H31N7O2. The Morgan fingerprint density at radius 1 is 1.32 bits per heavy atom. The highest BCUT2D eigenvalue weighted by molar-refractivity contribution is 5.75. The van der Waals surface area contributed by atoms with Gasteiger partial charge in [-0.2, -0.15) is 0 Å². The third-order valence-corrected chi connectivity index (χ3v) is 6.00. The zero-order valence-electron chi connectivity index (χ0n) is 18.2. The quantitative estimate of drug-likeness (QED) is 0.481. The van der Waals surface area contributed by atoms with Crippen LogP contribution in [-0.4, -0.2) is 40.2 Å². The van der Waals surface area contributed by atoms with E-state index in [0.717, 1.165) is 42.7 Å². The summed E-state index contributed by atoms with van der Waals surface area (Å²) in [7, 11) is 0. The van der Waals surface area contributed by atoms with Gasteiger partial charge in [-0.1, -0.05) is 30.3 Å². The summed E-state index contributed by atoms with van der Waals surface area (Å²) < 4.78 is 5.77. The van der Waals surface area contributed by atoms with E-state index in [4.69, 9.17) is 10.6 Å². The smallest absolute Gasteiger partial charge is 0.332 e. The molecule has 2 aliphatic heterocycles. The number of fused-ring (bicyclic) bond motifs is 1. The Hall–Kier alpha value is -2.75. The molecule has 166 valence electrons. The number of hydrazine groups is 2. The molecule has 1 saturated heterocycles. The van der Waals surface area contributed by atoms with Crippen molar-refractivity contribution >= 4 is 12.0 Å². The summed E-state index contributed by atoms with van der Waals surface area (Å²) in [5.41, 5.74) is 8.09. The van der Waals surface area contributed by atoms with Gasteiger partial charge in [0.05, 0.1) is 30.4 Å². The van der Waals surface area contributed by atoms with Gasteiger partial charge in [-0.25, -0.2) is 26.0 Å². The predicted molar refractivity (Wildman–Crippen MR) is 118 cm³/mol. The Kier molecular flexibility index (Phi) is 6.35. The Morgan fingerprint density at radius 3 is 2.87 bits per heavy atom. The van der Waals surface area contributed by atoms with Gasteiger partial charge in [0, 0.05) is 24.9 Å². The lowest BCUT2D eigenvalue weighted by Gasteiger charge is -2.32. The number of aromatic nitrogens is 2. The number of hydrogen-bond acceptors (Lipinski definition) is 7. The lowest BCUT2D eigenvalue weighted by Crippen LogP contribution is -2.50. The maximum absolute atomic E-state index is 12.9. The standard InChI is InChI=1S/C22H31N7O2/c1-22(2)18-13-24-20(29(23)14-17-10-6-7-11-31-17)26-19(18)15-28(22)21(30)27-25-12-16-8-4-3-5-9-16/h3-5,8-9,13,17,25H,6-7,10-12,14-15,23H2,1-2H3,(H,27,30). The van der Waals surface area contributed by atoms with Gasteiger partial charge in [0.2, 0.25) is 5.95 Å². The summed E-state index contributed by atoms with van der Waals surface area (Å²) in [6.07, 6.45) is 5.13. The van der Waals surface area contributed by atoms with Crippen molar-refractivity contribution in [3.05, 3.63) is 53.3 Å². The third kappa shape index (κ3) is 4.79. The summed E-state index contributed by atoms with van der Waals surface area (Å²) >= 11 is 0. The average molecular weight is 426 g/mol. The number of rotatable bonds is 6. The summed E-state index contributed by atoms with van der Waals surface area (Å²) in [6.45, 7) is 6.26. The third-order valence-electron chi connectivity index (χ3n) is 6.00. The van der Waals surface area contributed by atoms with E-state index in [0.29, 0.717) is 25.6 Å². The van der Waals surface area contributed by atoms with E-state index >= 15 is 0 Å². The normalized spacial score (nSPS) is 19.7. The fourth-order valence-electron chi connectivity index (χ4n) is 4.13. The van der Waals surface area contributed by atoms with Gasteiger partial charge in [-0.3, -0.25) is 10.4 Å². The van der Waals surface area contributed by atoms with Crippen LogP contribution in [0.5, 0.6) is 0 Å². The van der Waals surface area contributed by atoms with Crippen molar-refractivity contribution in [3.63, 3.8) is 0 Å². The molecule has 31 heavy (non-hydrogen) atoms. The molecule has 2 aromatic rings. The van der Waals surface area contributed by atoms with Gasteiger partial charge in [0.1, 0.15) is 0 Å². The van der Waals surface area contributed by atoms with Gasteiger partial charge in [0.15, 0.2) is 0 Å². The SMILES string of the molecule is CC1(C)c2cnc(N(N)CC3CCCCO3)nc2CN1C(=O)NNCc1ccccc1. The first-order valence-electron chi connectivity index (χ1n) is 10.8. The lowest BCUT2D eigenvalue weighted by atomic mass is 9.97. The van der Waals surface area contributed by atoms with Crippen LogP contribution in [0, 0.1) is 0 Å². The molecule has 0 aliphatic carbocycles. The highest BCUT2D eigenvalue weighted by Crippen LogP contribution is 2.37. The van der Waals surface area contributed by atoms with Crippen LogP contribution in [0.2, 0.25) is 0 Å². The lowest BCUT2D eigenvalue weighted by molar-refractivity contribution is 0.0208. The topological polar surface area (TPSA) is 109 Å². The highest BCUT2D eigenvalue weighted by atomic mass is 16.5. The second-order valence-electron chi connectivity index (χ2n) is 8.59. The number of nitrogens with two attached hydrogens (primary N) is 1. The van der Waals surface area contributed by atoms with Crippen LogP contribution in [0.25, 0.3) is 0 Å². The van der Waals surface area contributed by atoms with E-state index in [9.17, 15) is 4.79 Å². The second kappa shape index (κ2) is 9.17. The van der Waals surface area contributed by atoms with E-state index in [1.54, 1.807) is 16.1 Å². The van der Waals surface area contributed by atoms with Gasteiger partial charge < -0.3 is 9.64 Å². The number of hydrogen-bond donors (Lipinski definition) is 3. The molecule has 4 rings (SSSR count). The molecule has 1 atom stereocenters. The van der Waals surface area contributed by atoms with Crippen molar-refractivity contribution < 1.29 is 9.53 Å². The number of anilines is 1. The molecule has 1 fully saturated rings. The number of ether oxygens (including phenoxy) is 1. The summed E-state index contributed by atoms with van der Waals surface area (Å²) in [5, 5.41) is 1.55. The molecule has 9 nitrogen and oxygen atoms in total. The van der Waals surface area contributed by atoms with E-state index in [1.807, 2.05) is 44.2 Å². The van der Waals surface area contributed by atoms with Crippen LogP contribution >= 0.6 is 0 Å². The van der Waals surface area contributed by atoms with Crippen LogP contribution in [0.15, 0.2) is 36.5 Å². The molecule has 0 bridgehead atoms. The minimum absolute atomic E-state index is 0.102. The largest absolute Gasteiger partial charge is 0.376 e. The van der Waals surface area contributed by atoms with Crippen molar-refractivity contribution in [2.24, 2.45) is 5.84 Å². The fourth-order valence-corrected chi connectivity index (χ4v) is 4.13.